The number of nitrogens with one attached hydrogen (secondary N) is 1. The molecule has 0 spiro atoms. The minimum absolute atomic E-state index is 0.0751. The number of aryl methyl sites for hydroxylation is 1. The van der Waals surface area contributed by atoms with Crippen molar-refractivity contribution in [3.8, 4) is 11.8 Å². The standard InChI is InChI=1S/C17H12Cl2N2O2/c1-10-2-3-14(19)8-15(10)21-17(23)12(9-20)6-11-7-13(18)4-5-16(11)22/h2-8,22H,1H3,(H,21,23)/b12-6+. The summed E-state index contributed by atoms with van der Waals surface area (Å²) < 4.78 is 0. The van der Waals surface area contributed by atoms with Crippen molar-refractivity contribution in [1.29, 1.82) is 5.26 Å². The molecule has 0 fully saturated rings. The van der Waals surface area contributed by atoms with Gasteiger partial charge in [-0.1, -0.05) is 29.3 Å². The molecule has 0 aliphatic carbocycles. The van der Waals surface area contributed by atoms with Crippen LogP contribution in [0.25, 0.3) is 6.08 Å². The lowest BCUT2D eigenvalue weighted by Gasteiger charge is -2.08. The zero-order chi connectivity index (χ0) is 17.0. The van der Waals surface area contributed by atoms with Crippen molar-refractivity contribution >= 4 is 40.9 Å². The van der Waals surface area contributed by atoms with Gasteiger partial charge >= 0.3 is 0 Å². The number of amides is 1. The SMILES string of the molecule is Cc1ccc(Cl)cc1NC(=O)/C(C#N)=C/c1cc(Cl)ccc1O. The molecule has 0 saturated heterocycles. The number of hydrogen-bond donors (Lipinski definition) is 2. The van der Waals surface area contributed by atoms with E-state index in [4.69, 9.17) is 23.2 Å². The van der Waals surface area contributed by atoms with Gasteiger partial charge in [-0.15, -0.1) is 0 Å². The monoisotopic (exact) mass is 346 g/mol. The van der Waals surface area contributed by atoms with Crippen LogP contribution in [0.4, 0.5) is 5.69 Å². The second-order valence-electron chi connectivity index (χ2n) is 4.79. The summed E-state index contributed by atoms with van der Waals surface area (Å²) in [6.07, 6.45) is 1.27. The van der Waals surface area contributed by atoms with Gasteiger partial charge in [0.25, 0.3) is 5.91 Å². The van der Waals surface area contributed by atoms with E-state index in [1.807, 2.05) is 13.0 Å². The highest BCUT2D eigenvalue weighted by Gasteiger charge is 2.12. The molecular formula is C17H12Cl2N2O2. The van der Waals surface area contributed by atoms with Crippen molar-refractivity contribution in [3.05, 3.63) is 63.1 Å². The smallest absolute Gasteiger partial charge is 0.266 e. The largest absolute Gasteiger partial charge is 0.507 e. The van der Waals surface area contributed by atoms with Crippen LogP contribution < -0.4 is 5.32 Å². The molecule has 0 aromatic heterocycles. The summed E-state index contributed by atoms with van der Waals surface area (Å²) in [7, 11) is 0. The van der Waals surface area contributed by atoms with E-state index in [0.29, 0.717) is 15.7 Å². The van der Waals surface area contributed by atoms with E-state index in [-0.39, 0.29) is 16.9 Å². The van der Waals surface area contributed by atoms with E-state index in [9.17, 15) is 15.2 Å². The summed E-state index contributed by atoms with van der Waals surface area (Å²) in [6, 6.07) is 11.2. The molecule has 0 aliphatic rings. The molecule has 6 heteroatoms. The Morgan fingerprint density at radius 1 is 1.22 bits per heavy atom. The minimum Gasteiger partial charge on any atom is -0.507 e. The van der Waals surface area contributed by atoms with Crippen LogP contribution >= 0.6 is 23.2 Å². The lowest BCUT2D eigenvalue weighted by Crippen LogP contribution is -2.14. The number of carbonyl (C=O) groups is 1. The lowest BCUT2D eigenvalue weighted by atomic mass is 10.1. The predicted octanol–water partition coefficient (Wildman–Crippen LogP) is 4.55. The summed E-state index contributed by atoms with van der Waals surface area (Å²) in [6.45, 7) is 1.81. The van der Waals surface area contributed by atoms with E-state index < -0.39 is 5.91 Å². The Kier molecular flexibility index (Phi) is 5.28. The zero-order valence-electron chi connectivity index (χ0n) is 12.1. The average molecular weight is 347 g/mol. The molecule has 0 bridgehead atoms. The Morgan fingerprint density at radius 2 is 1.87 bits per heavy atom. The van der Waals surface area contributed by atoms with E-state index in [0.717, 1.165) is 5.56 Å². The Morgan fingerprint density at radius 3 is 2.57 bits per heavy atom. The fourth-order valence-electron chi connectivity index (χ4n) is 1.86. The third kappa shape index (κ3) is 4.26. The number of nitriles is 1. The maximum Gasteiger partial charge on any atom is 0.266 e. The van der Waals surface area contributed by atoms with Crippen LogP contribution in [0.15, 0.2) is 42.0 Å². The zero-order valence-corrected chi connectivity index (χ0v) is 13.6. The highest BCUT2D eigenvalue weighted by Crippen LogP contribution is 2.25. The number of phenols is 1. The Labute approximate surface area is 143 Å². The van der Waals surface area contributed by atoms with Crippen molar-refractivity contribution in [2.24, 2.45) is 0 Å². The summed E-state index contributed by atoms with van der Waals surface area (Å²) in [5.41, 5.74) is 1.44. The number of benzene rings is 2. The number of halogens is 2. The molecule has 116 valence electrons. The fraction of sp³-hybridized carbons (Fsp3) is 0.0588. The summed E-state index contributed by atoms with van der Waals surface area (Å²) in [4.78, 5) is 12.2. The number of aromatic hydroxyl groups is 1. The van der Waals surface area contributed by atoms with Gasteiger partial charge in [-0.2, -0.15) is 5.26 Å². The van der Waals surface area contributed by atoms with Crippen LogP contribution in [0, 0.1) is 18.3 Å². The van der Waals surface area contributed by atoms with Gasteiger partial charge < -0.3 is 10.4 Å². The van der Waals surface area contributed by atoms with Crippen LogP contribution in [0.2, 0.25) is 10.0 Å². The van der Waals surface area contributed by atoms with E-state index >= 15 is 0 Å². The van der Waals surface area contributed by atoms with E-state index in [1.165, 1.54) is 24.3 Å². The summed E-state index contributed by atoms with van der Waals surface area (Å²) >= 11 is 11.8. The Hall–Kier alpha value is -2.48. The number of phenolic OH excluding ortho intramolecular Hbond substituents is 1. The summed E-state index contributed by atoms with van der Waals surface area (Å²) in [5, 5.41) is 22.5. The van der Waals surface area contributed by atoms with Gasteiger partial charge in [-0.3, -0.25) is 4.79 Å². The van der Waals surface area contributed by atoms with Gasteiger partial charge in [0.1, 0.15) is 17.4 Å². The van der Waals surface area contributed by atoms with Crippen molar-refractivity contribution in [1.82, 2.24) is 0 Å². The maximum absolute atomic E-state index is 12.2. The fourth-order valence-corrected chi connectivity index (χ4v) is 2.22. The molecule has 2 rings (SSSR count). The van der Waals surface area contributed by atoms with Crippen molar-refractivity contribution in [2.75, 3.05) is 5.32 Å². The van der Waals surface area contributed by atoms with Gasteiger partial charge in [-0.25, -0.2) is 0 Å². The second-order valence-corrected chi connectivity index (χ2v) is 5.66. The van der Waals surface area contributed by atoms with E-state index in [2.05, 4.69) is 5.32 Å². The molecule has 0 unspecified atom stereocenters. The molecule has 0 saturated carbocycles. The number of carbonyl (C=O) groups excluding carboxylic acids is 1. The lowest BCUT2D eigenvalue weighted by molar-refractivity contribution is -0.112. The molecule has 2 aromatic carbocycles. The van der Waals surface area contributed by atoms with Crippen LogP contribution in [0.1, 0.15) is 11.1 Å². The molecule has 2 aromatic rings. The number of nitrogens with zero attached hydrogens (tertiary/aromatic N) is 1. The Bertz CT molecular complexity index is 839. The third-order valence-corrected chi connectivity index (χ3v) is 3.57. The quantitative estimate of drug-likeness (QED) is 0.632. The van der Waals surface area contributed by atoms with Gasteiger partial charge in [-0.05, 0) is 48.9 Å². The van der Waals surface area contributed by atoms with Gasteiger partial charge in [0.2, 0.25) is 0 Å². The molecule has 0 heterocycles. The molecular weight excluding hydrogens is 335 g/mol. The van der Waals surface area contributed by atoms with Crippen molar-refractivity contribution in [3.63, 3.8) is 0 Å². The molecule has 0 atom stereocenters. The first kappa shape index (κ1) is 16.9. The predicted molar refractivity (Wildman–Crippen MR) is 91.5 cm³/mol. The van der Waals surface area contributed by atoms with Gasteiger partial charge in [0.05, 0.1) is 0 Å². The molecule has 0 radical (unpaired) electrons. The first-order valence-electron chi connectivity index (χ1n) is 6.58. The highest BCUT2D eigenvalue weighted by molar-refractivity contribution is 6.31. The second kappa shape index (κ2) is 7.19. The molecule has 2 N–H and O–H groups in total. The Balaban J connectivity index is 2.32. The number of hydrogen-bond acceptors (Lipinski definition) is 3. The first-order valence-corrected chi connectivity index (χ1v) is 7.34. The van der Waals surface area contributed by atoms with Crippen molar-refractivity contribution < 1.29 is 9.90 Å². The van der Waals surface area contributed by atoms with Crippen molar-refractivity contribution in [2.45, 2.75) is 6.92 Å². The molecule has 0 aliphatic heterocycles. The third-order valence-electron chi connectivity index (χ3n) is 3.10. The molecule has 23 heavy (non-hydrogen) atoms. The van der Waals surface area contributed by atoms with Crippen LogP contribution in [0.3, 0.4) is 0 Å². The van der Waals surface area contributed by atoms with Crippen LogP contribution in [-0.2, 0) is 4.79 Å². The van der Waals surface area contributed by atoms with Gasteiger partial charge in [0, 0.05) is 21.3 Å². The van der Waals surface area contributed by atoms with Crippen LogP contribution in [0.5, 0.6) is 5.75 Å². The average Bonchev–Trinajstić information content (AvgIpc) is 2.51. The minimum atomic E-state index is -0.600. The highest BCUT2D eigenvalue weighted by atomic mass is 35.5. The first-order chi connectivity index (χ1) is 10.9. The van der Waals surface area contributed by atoms with Crippen LogP contribution in [-0.4, -0.2) is 11.0 Å². The normalized spacial score (nSPS) is 11.0. The topological polar surface area (TPSA) is 73.1 Å². The number of anilines is 1. The number of rotatable bonds is 3. The molecule has 1 amide bonds. The molecule has 4 nitrogen and oxygen atoms in total. The van der Waals surface area contributed by atoms with Gasteiger partial charge in [0.15, 0.2) is 0 Å². The summed E-state index contributed by atoms with van der Waals surface area (Å²) in [5.74, 6) is -0.675. The maximum atomic E-state index is 12.2. The van der Waals surface area contributed by atoms with E-state index in [1.54, 1.807) is 18.2 Å².